The van der Waals surface area contributed by atoms with E-state index in [1.165, 1.54) is 0 Å². The largest absolute Gasteiger partial charge is 0.381 e. The SMILES string of the molecule is N#Cc1cc(N2CC[C@]3(CCOC3)C2)nc2ccccc12. The minimum atomic E-state index is 0.306. The van der Waals surface area contributed by atoms with Crippen LogP contribution in [0.2, 0.25) is 0 Å². The fourth-order valence-corrected chi connectivity index (χ4v) is 3.52. The number of pyridine rings is 1. The van der Waals surface area contributed by atoms with E-state index in [2.05, 4.69) is 11.0 Å². The van der Waals surface area contributed by atoms with Crippen molar-refractivity contribution in [2.24, 2.45) is 5.41 Å². The van der Waals surface area contributed by atoms with Crippen LogP contribution < -0.4 is 4.90 Å². The standard InChI is InChI=1S/C17H17N3O/c18-10-13-9-16(19-15-4-2-1-3-14(13)15)20-7-5-17(11-20)6-8-21-12-17/h1-4,9H,5-8,11-12H2/t17-/m0/s1. The molecule has 0 amide bonds. The summed E-state index contributed by atoms with van der Waals surface area (Å²) in [6.07, 6.45) is 2.30. The van der Waals surface area contributed by atoms with Crippen LogP contribution in [0.15, 0.2) is 30.3 Å². The molecule has 1 spiro atoms. The Kier molecular flexibility index (Phi) is 2.83. The van der Waals surface area contributed by atoms with Crippen molar-refractivity contribution in [2.45, 2.75) is 12.8 Å². The smallest absolute Gasteiger partial charge is 0.130 e. The van der Waals surface area contributed by atoms with Crippen LogP contribution in [-0.4, -0.2) is 31.3 Å². The summed E-state index contributed by atoms with van der Waals surface area (Å²) in [6, 6.07) is 12.1. The van der Waals surface area contributed by atoms with Crippen molar-refractivity contribution in [1.82, 2.24) is 4.98 Å². The molecule has 2 aliphatic heterocycles. The van der Waals surface area contributed by atoms with Crippen molar-refractivity contribution in [3.05, 3.63) is 35.9 Å². The summed E-state index contributed by atoms with van der Waals surface area (Å²) in [7, 11) is 0. The Bertz CT molecular complexity index is 728. The molecular weight excluding hydrogens is 262 g/mol. The first-order chi connectivity index (χ1) is 10.3. The summed E-state index contributed by atoms with van der Waals surface area (Å²) in [5.41, 5.74) is 1.91. The molecule has 1 atom stereocenters. The summed E-state index contributed by atoms with van der Waals surface area (Å²) in [5, 5.41) is 10.3. The molecule has 0 bridgehead atoms. The van der Waals surface area contributed by atoms with Gasteiger partial charge in [0.25, 0.3) is 0 Å². The molecule has 2 fully saturated rings. The molecule has 0 N–H and O–H groups in total. The quantitative estimate of drug-likeness (QED) is 0.805. The zero-order valence-electron chi connectivity index (χ0n) is 11.9. The number of benzene rings is 1. The van der Waals surface area contributed by atoms with Crippen LogP contribution in [0.3, 0.4) is 0 Å². The maximum absolute atomic E-state index is 9.39. The molecule has 21 heavy (non-hydrogen) atoms. The maximum Gasteiger partial charge on any atom is 0.130 e. The van der Waals surface area contributed by atoms with Crippen LogP contribution in [0, 0.1) is 16.7 Å². The first-order valence-corrected chi connectivity index (χ1v) is 7.42. The van der Waals surface area contributed by atoms with E-state index >= 15 is 0 Å². The van der Waals surface area contributed by atoms with Gasteiger partial charge in [-0.2, -0.15) is 5.26 Å². The fourth-order valence-electron chi connectivity index (χ4n) is 3.52. The molecule has 106 valence electrons. The lowest BCUT2D eigenvalue weighted by molar-refractivity contribution is 0.160. The molecular formula is C17H17N3O. The molecule has 4 heteroatoms. The van der Waals surface area contributed by atoms with E-state index < -0.39 is 0 Å². The first kappa shape index (κ1) is 12.6. The highest BCUT2D eigenvalue weighted by Gasteiger charge is 2.41. The molecule has 2 aliphatic rings. The second kappa shape index (κ2) is 4.71. The number of aromatic nitrogens is 1. The normalized spacial score (nSPS) is 24.8. The van der Waals surface area contributed by atoms with E-state index in [1.807, 2.05) is 30.3 Å². The van der Waals surface area contributed by atoms with Crippen molar-refractivity contribution in [1.29, 1.82) is 5.26 Å². The lowest BCUT2D eigenvalue weighted by Crippen LogP contribution is -2.28. The Hall–Kier alpha value is -2.12. The summed E-state index contributed by atoms with van der Waals surface area (Å²) in [6.45, 7) is 3.73. The van der Waals surface area contributed by atoms with Gasteiger partial charge in [-0.3, -0.25) is 0 Å². The van der Waals surface area contributed by atoms with Gasteiger partial charge in [0.2, 0.25) is 0 Å². The Labute approximate surface area is 124 Å². The topological polar surface area (TPSA) is 49.2 Å². The molecule has 4 rings (SSSR count). The molecule has 4 nitrogen and oxygen atoms in total. The van der Waals surface area contributed by atoms with Gasteiger partial charge in [-0.25, -0.2) is 4.98 Å². The summed E-state index contributed by atoms with van der Waals surface area (Å²) < 4.78 is 5.58. The van der Waals surface area contributed by atoms with Crippen molar-refractivity contribution < 1.29 is 4.74 Å². The Morgan fingerprint density at radius 3 is 3.00 bits per heavy atom. The number of anilines is 1. The predicted octanol–water partition coefficient (Wildman–Crippen LogP) is 2.72. The molecule has 0 unspecified atom stereocenters. The van der Waals surface area contributed by atoms with Gasteiger partial charge in [0, 0.05) is 30.5 Å². The molecule has 3 heterocycles. The third kappa shape index (κ3) is 2.05. The number of ether oxygens (including phenoxy) is 1. The third-order valence-corrected chi connectivity index (χ3v) is 4.77. The minimum absolute atomic E-state index is 0.306. The van der Waals surface area contributed by atoms with Gasteiger partial charge in [0.15, 0.2) is 0 Å². The van der Waals surface area contributed by atoms with E-state index in [-0.39, 0.29) is 0 Å². The van der Waals surface area contributed by atoms with Gasteiger partial charge >= 0.3 is 0 Å². The van der Waals surface area contributed by atoms with Crippen LogP contribution in [0.1, 0.15) is 18.4 Å². The van der Waals surface area contributed by atoms with E-state index in [1.54, 1.807) is 0 Å². The van der Waals surface area contributed by atoms with E-state index in [0.717, 1.165) is 55.9 Å². The zero-order valence-corrected chi connectivity index (χ0v) is 11.9. The Morgan fingerprint density at radius 1 is 1.29 bits per heavy atom. The highest BCUT2D eigenvalue weighted by molar-refractivity contribution is 5.86. The maximum atomic E-state index is 9.39. The number of nitrogens with zero attached hydrogens (tertiary/aromatic N) is 3. The lowest BCUT2D eigenvalue weighted by atomic mass is 9.87. The van der Waals surface area contributed by atoms with E-state index in [4.69, 9.17) is 9.72 Å². The number of para-hydroxylation sites is 1. The zero-order chi connectivity index (χ0) is 14.3. The molecule has 0 aliphatic carbocycles. The third-order valence-electron chi connectivity index (χ3n) is 4.77. The summed E-state index contributed by atoms with van der Waals surface area (Å²) >= 11 is 0. The van der Waals surface area contributed by atoms with Crippen LogP contribution in [0.25, 0.3) is 10.9 Å². The molecule has 2 saturated heterocycles. The number of fused-ring (bicyclic) bond motifs is 1. The van der Waals surface area contributed by atoms with Crippen molar-refractivity contribution in [3.63, 3.8) is 0 Å². The fraction of sp³-hybridized carbons (Fsp3) is 0.412. The number of hydrogen-bond donors (Lipinski definition) is 0. The predicted molar refractivity (Wildman–Crippen MR) is 81.2 cm³/mol. The van der Waals surface area contributed by atoms with Gasteiger partial charge in [0.1, 0.15) is 5.82 Å². The van der Waals surface area contributed by atoms with Crippen molar-refractivity contribution in [2.75, 3.05) is 31.2 Å². The highest BCUT2D eigenvalue weighted by Crippen LogP contribution is 2.40. The summed E-state index contributed by atoms with van der Waals surface area (Å²) in [5.74, 6) is 0.925. The highest BCUT2D eigenvalue weighted by atomic mass is 16.5. The van der Waals surface area contributed by atoms with Crippen LogP contribution in [-0.2, 0) is 4.74 Å². The second-order valence-corrected chi connectivity index (χ2v) is 6.13. The van der Waals surface area contributed by atoms with Gasteiger partial charge in [-0.1, -0.05) is 18.2 Å². The monoisotopic (exact) mass is 279 g/mol. The second-order valence-electron chi connectivity index (χ2n) is 6.13. The van der Waals surface area contributed by atoms with Crippen LogP contribution in [0.5, 0.6) is 0 Å². The average molecular weight is 279 g/mol. The number of hydrogen-bond acceptors (Lipinski definition) is 4. The minimum Gasteiger partial charge on any atom is -0.381 e. The Morgan fingerprint density at radius 2 is 2.19 bits per heavy atom. The van der Waals surface area contributed by atoms with E-state index in [9.17, 15) is 5.26 Å². The molecule has 0 radical (unpaired) electrons. The van der Waals surface area contributed by atoms with Crippen LogP contribution >= 0.6 is 0 Å². The average Bonchev–Trinajstić information content (AvgIpc) is 3.17. The van der Waals surface area contributed by atoms with Gasteiger partial charge in [-0.05, 0) is 25.0 Å². The lowest BCUT2D eigenvalue weighted by Gasteiger charge is -2.23. The van der Waals surface area contributed by atoms with Crippen LogP contribution in [0.4, 0.5) is 5.82 Å². The van der Waals surface area contributed by atoms with Gasteiger partial charge in [-0.15, -0.1) is 0 Å². The molecule has 1 aromatic heterocycles. The van der Waals surface area contributed by atoms with Crippen molar-refractivity contribution in [3.8, 4) is 6.07 Å². The van der Waals surface area contributed by atoms with E-state index in [0.29, 0.717) is 11.0 Å². The number of rotatable bonds is 1. The van der Waals surface area contributed by atoms with Gasteiger partial charge < -0.3 is 9.64 Å². The molecule has 2 aromatic rings. The number of nitriles is 1. The van der Waals surface area contributed by atoms with Crippen molar-refractivity contribution >= 4 is 16.7 Å². The van der Waals surface area contributed by atoms with Gasteiger partial charge in [0.05, 0.1) is 23.8 Å². The first-order valence-electron chi connectivity index (χ1n) is 7.42. The molecule has 0 saturated carbocycles. The summed E-state index contributed by atoms with van der Waals surface area (Å²) in [4.78, 5) is 7.06. The molecule has 1 aromatic carbocycles. The Balaban J connectivity index is 1.73.